The van der Waals surface area contributed by atoms with Crippen molar-refractivity contribution in [1.82, 2.24) is 4.98 Å². The van der Waals surface area contributed by atoms with Crippen molar-refractivity contribution in [2.75, 3.05) is 26.1 Å². The van der Waals surface area contributed by atoms with Gasteiger partial charge in [-0.2, -0.15) is 0 Å². The molecule has 0 aliphatic rings. The van der Waals surface area contributed by atoms with Crippen LogP contribution in [0.25, 0.3) is 0 Å². The molecule has 0 radical (unpaired) electrons. The molecule has 7 heteroatoms. The fraction of sp³-hybridized carbons (Fsp3) is 0.182. The fourth-order valence-corrected chi connectivity index (χ4v) is 3.34. The summed E-state index contributed by atoms with van der Waals surface area (Å²) in [7, 11) is 3.14. The van der Waals surface area contributed by atoms with E-state index in [-0.39, 0.29) is 5.56 Å². The van der Waals surface area contributed by atoms with Gasteiger partial charge in [0, 0.05) is 18.3 Å². The third kappa shape index (κ3) is 5.27. The first kappa shape index (κ1) is 20.2. The van der Waals surface area contributed by atoms with Gasteiger partial charge in [0.2, 0.25) is 0 Å². The van der Waals surface area contributed by atoms with E-state index in [2.05, 4.69) is 22.1 Å². The SMILES string of the molecule is COc1ccccc1C#Cc1nc(CCNc2ccc(C(=O)O)cc2OC)cs1. The molecular formula is C22H20N2O4S. The molecule has 0 atom stereocenters. The molecule has 148 valence electrons. The number of methoxy groups -OCH3 is 2. The van der Waals surface area contributed by atoms with Crippen molar-refractivity contribution in [1.29, 1.82) is 0 Å². The van der Waals surface area contributed by atoms with Crippen molar-refractivity contribution in [2.24, 2.45) is 0 Å². The monoisotopic (exact) mass is 408 g/mol. The van der Waals surface area contributed by atoms with Crippen molar-refractivity contribution < 1.29 is 19.4 Å². The molecule has 3 rings (SSSR count). The number of rotatable bonds is 7. The van der Waals surface area contributed by atoms with Crippen molar-refractivity contribution in [2.45, 2.75) is 6.42 Å². The molecule has 1 heterocycles. The molecular weight excluding hydrogens is 388 g/mol. The Labute approximate surface area is 173 Å². The van der Waals surface area contributed by atoms with E-state index in [4.69, 9.17) is 14.6 Å². The van der Waals surface area contributed by atoms with Crippen molar-refractivity contribution >= 4 is 23.0 Å². The Bertz CT molecular complexity index is 1070. The van der Waals surface area contributed by atoms with Crippen LogP contribution in [-0.4, -0.2) is 36.8 Å². The number of carboxylic acid groups (broad SMARTS) is 1. The molecule has 29 heavy (non-hydrogen) atoms. The minimum atomic E-state index is -0.987. The van der Waals surface area contributed by atoms with Gasteiger partial charge in [-0.1, -0.05) is 18.1 Å². The van der Waals surface area contributed by atoms with E-state index in [0.29, 0.717) is 18.7 Å². The standard InChI is InChI=1S/C22H20N2O4S/c1-27-19-6-4-3-5-15(19)8-10-21-24-17(14-29-21)11-12-23-18-9-7-16(22(25)26)13-20(18)28-2/h3-7,9,13-14,23H,11-12H2,1-2H3,(H,25,26). The van der Waals surface area contributed by atoms with Crippen molar-refractivity contribution in [3.8, 4) is 23.3 Å². The van der Waals surface area contributed by atoms with Gasteiger partial charge in [-0.25, -0.2) is 9.78 Å². The molecule has 0 aliphatic carbocycles. The number of thiazole rings is 1. The van der Waals surface area contributed by atoms with E-state index in [1.54, 1.807) is 19.2 Å². The average molecular weight is 408 g/mol. The highest BCUT2D eigenvalue weighted by Crippen LogP contribution is 2.25. The number of benzene rings is 2. The summed E-state index contributed by atoms with van der Waals surface area (Å²) in [6, 6.07) is 12.4. The molecule has 0 aliphatic heterocycles. The third-order valence-corrected chi connectivity index (χ3v) is 4.91. The largest absolute Gasteiger partial charge is 0.495 e. The first-order valence-corrected chi connectivity index (χ1v) is 9.73. The zero-order valence-corrected chi connectivity index (χ0v) is 16.9. The van der Waals surface area contributed by atoms with Gasteiger partial charge in [-0.05, 0) is 36.3 Å². The zero-order valence-electron chi connectivity index (χ0n) is 16.1. The van der Waals surface area contributed by atoms with E-state index in [9.17, 15) is 4.79 Å². The predicted octanol–water partition coefficient (Wildman–Crippen LogP) is 3.91. The molecule has 0 bridgehead atoms. The van der Waals surface area contributed by atoms with Gasteiger partial charge < -0.3 is 19.9 Å². The molecule has 3 aromatic rings. The Morgan fingerprint density at radius 2 is 1.93 bits per heavy atom. The number of nitrogens with zero attached hydrogens (tertiary/aromatic N) is 1. The Kier molecular flexibility index (Phi) is 6.72. The Morgan fingerprint density at radius 1 is 1.14 bits per heavy atom. The average Bonchev–Trinajstić information content (AvgIpc) is 3.20. The lowest BCUT2D eigenvalue weighted by atomic mass is 10.2. The second-order valence-corrected chi connectivity index (χ2v) is 6.85. The number of aromatic nitrogens is 1. The normalized spacial score (nSPS) is 10.0. The van der Waals surface area contributed by atoms with Crippen LogP contribution in [-0.2, 0) is 6.42 Å². The highest BCUT2D eigenvalue weighted by molar-refractivity contribution is 7.10. The zero-order chi connectivity index (χ0) is 20.6. The van der Waals surface area contributed by atoms with E-state index in [1.807, 2.05) is 29.6 Å². The van der Waals surface area contributed by atoms with Crippen molar-refractivity contribution in [3.05, 3.63) is 69.7 Å². The van der Waals surface area contributed by atoms with Crippen LogP contribution in [0.2, 0.25) is 0 Å². The van der Waals surface area contributed by atoms with Crippen LogP contribution in [0.4, 0.5) is 5.69 Å². The van der Waals surface area contributed by atoms with Crippen LogP contribution in [0, 0.1) is 11.8 Å². The molecule has 0 fully saturated rings. The summed E-state index contributed by atoms with van der Waals surface area (Å²) < 4.78 is 10.6. The first-order chi connectivity index (χ1) is 14.1. The van der Waals surface area contributed by atoms with E-state index in [1.165, 1.54) is 24.5 Å². The summed E-state index contributed by atoms with van der Waals surface area (Å²) in [5.74, 6) is 6.42. The summed E-state index contributed by atoms with van der Waals surface area (Å²) in [6.07, 6.45) is 0.705. The lowest BCUT2D eigenvalue weighted by molar-refractivity contribution is 0.0696. The Balaban J connectivity index is 1.61. The molecule has 0 unspecified atom stereocenters. The first-order valence-electron chi connectivity index (χ1n) is 8.85. The maximum atomic E-state index is 11.1. The number of aromatic carboxylic acids is 1. The number of hydrogen-bond acceptors (Lipinski definition) is 6. The van der Waals surface area contributed by atoms with Crippen LogP contribution in [0.3, 0.4) is 0 Å². The number of carbonyl (C=O) groups is 1. The number of para-hydroxylation sites is 1. The summed E-state index contributed by atoms with van der Waals surface area (Å²) in [6.45, 7) is 0.631. The topological polar surface area (TPSA) is 80.7 Å². The van der Waals surface area contributed by atoms with E-state index < -0.39 is 5.97 Å². The van der Waals surface area contributed by atoms with Gasteiger partial charge in [0.25, 0.3) is 0 Å². The van der Waals surface area contributed by atoms with E-state index >= 15 is 0 Å². The maximum Gasteiger partial charge on any atom is 0.335 e. The number of hydrogen-bond donors (Lipinski definition) is 2. The van der Waals surface area contributed by atoms with Gasteiger partial charge in [-0.15, -0.1) is 11.3 Å². The number of carboxylic acids is 1. The van der Waals surface area contributed by atoms with Gasteiger partial charge >= 0.3 is 5.97 Å². The molecule has 0 spiro atoms. The lowest BCUT2D eigenvalue weighted by Gasteiger charge is -2.11. The van der Waals surface area contributed by atoms with Crippen molar-refractivity contribution in [3.63, 3.8) is 0 Å². The lowest BCUT2D eigenvalue weighted by Crippen LogP contribution is -2.07. The minimum absolute atomic E-state index is 0.185. The Hall–Kier alpha value is -3.50. The highest BCUT2D eigenvalue weighted by Gasteiger charge is 2.09. The minimum Gasteiger partial charge on any atom is -0.495 e. The summed E-state index contributed by atoms with van der Waals surface area (Å²) in [5.41, 5.74) is 2.69. The quantitative estimate of drug-likeness (QED) is 0.577. The van der Waals surface area contributed by atoms with Crippen LogP contribution >= 0.6 is 11.3 Å². The third-order valence-electron chi connectivity index (χ3n) is 4.11. The molecule has 0 saturated heterocycles. The van der Waals surface area contributed by atoms with Crippen LogP contribution in [0.15, 0.2) is 47.8 Å². The molecule has 2 N–H and O–H groups in total. The van der Waals surface area contributed by atoms with Crippen LogP contribution in [0.5, 0.6) is 11.5 Å². The maximum absolute atomic E-state index is 11.1. The summed E-state index contributed by atoms with van der Waals surface area (Å²) >= 11 is 1.50. The molecule has 0 saturated carbocycles. The summed E-state index contributed by atoms with van der Waals surface area (Å²) in [5, 5.41) is 15.1. The highest BCUT2D eigenvalue weighted by atomic mass is 32.1. The molecule has 2 aromatic carbocycles. The second-order valence-electron chi connectivity index (χ2n) is 5.99. The second kappa shape index (κ2) is 9.62. The molecule has 1 aromatic heterocycles. The molecule has 6 nitrogen and oxygen atoms in total. The van der Waals surface area contributed by atoms with Gasteiger partial charge in [0.05, 0.1) is 36.7 Å². The van der Waals surface area contributed by atoms with Gasteiger partial charge in [0.1, 0.15) is 11.5 Å². The smallest absolute Gasteiger partial charge is 0.335 e. The van der Waals surface area contributed by atoms with Crippen LogP contribution < -0.4 is 14.8 Å². The van der Waals surface area contributed by atoms with E-state index in [0.717, 1.165) is 27.7 Å². The molecule has 0 amide bonds. The predicted molar refractivity (Wildman–Crippen MR) is 113 cm³/mol. The summed E-state index contributed by atoms with van der Waals surface area (Å²) in [4.78, 5) is 15.6. The fourth-order valence-electron chi connectivity index (χ4n) is 2.64. The Morgan fingerprint density at radius 3 is 2.69 bits per heavy atom. The van der Waals surface area contributed by atoms with Gasteiger partial charge in [-0.3, -0.25) is 0 Å². The van der Waals surface area contributed by atoms with Crippen LogP contribution in [0.1, 0.15) is 26.6 Å². The number of ether oxygens (including phenoxy) is 2. The van der Waals surface area contributed by atoms with Gasteiger partial charge in [0.15, 0.2) is 5.01 Å². The number of nitrogens with one attached hydrogen (secondary N) is 1. The number of anilines is 1.